The van der Waals surface area contributed by atoms with Gasteiger partial charge in [-0.3, -0.25) is 11.3 Å². The molecule has 1 aliphatic rings. The summed E-state index contributed by atoms with van der Waals surface area (Å²) in [6.07, 6.45) is 5.18. The van der Waals surface area contributed by atoms with Gasteiger partial charge < -0.3 is 0 Å². The Morgan fingerprint density at radius 2 is 2.21 bits per heavy atom. The van der Waals surface area contributed by atoms with E-state index >= 15 is 0 Å². The van der Waals surface area contributed by atoms with Crippen molar-refractivity contribution in [1.29, 1.82) is 0 Å². The molecule has 0 bridgehead atoms. The SMILES string of the molecule is NNC(c1sccc1Cl)C1CCCC1. The first kappa shape index (κ1) is 10.4. The maximum absolute atomic E-state index is 6.11. The van der Waals surface area contributed by atoms with Crippen LogP contribution in [0.2, 0.25) is 5.02 Å². The minimum atomic E-state index is 0.255. The second-order valence-corrected chi connectivity index (χ2v) is 5.18. The maximum Gasteiger partial charge on any atom is 0.0596 e. The van der Waals surface area contributed by atoms with Crippen molar-refractivity contribution in [3.05, 3.63) is 21.3 Å². The van der Waals surface area contributed by atoms with Crippen molar-refractivity contribution >= 4 is 22.9 Å². The van der Waals surface area contributed by atoms with Crippen LogP contribution in [0.15, 0.2) is 11.4 Å². The fourth-order valence-corrected chi connectivity index (χ4v) is 3.57. The Balaban J connectivity index is 2.16. The van der Waals surface area contributed by atoms with Crippen LogP contribution >= 0.6 is 22.9 Å². The number of rotatable bonds is 3. The Bertz CT molecular complexity index is 294. The van der Waals surface area contributed by atoms with Gasteiger partial charge in [0.25, 0.3) is 0 Å². The van der Waals surface area contributed by atoms with E-state index in [1.165, 1.54) is 30.6 Å². The largest absolute Gasteiger partial charge is 0.271 e. The van der Waals surface area contributed by atoms with E-state index in [1.54, 1.807) is 11.3 Å². The lowest BCUT2D eigenvalue weighted by atomic mass is 9.97. The van der Waals surface area contributed by atoms with E-state index < -0.39 is 0 Å². The van der Waals surface area contributed by atoms with Gasteiger partial charge in [-0.1, -0.05) is 24.4 Å². The van der Waals surface area contributed by atoms with Crippen molar-refractivity contribution in [2.45, 2.75) is 31.7 Å². The number of halogens is 1. The molecular weight excluding hydrogens is 216 g/mol. The summed E-state index contributed by atoms with van der Waals surface area (Å²) in [4.78, 5) is 1.20. The number of hydrogen-bond acceptors (Lipinski definition) is 3. The predicted molar refractivity (Wildman–Crippen MR) is 61.4 cm³/mol. The van der Waals surface area contributed by atoms with E-state index in [-0.39, 0.29) is 6.04 Å². The van der Waals surface area contributed by atoms with Crippen molar-refractivity contribution in [2.75, 3.05) is 0 Å². The zero-order valence-corrected chi connectivity index (χ0v) is 9.57. The summed E-state index contributed by atoms with van der Waals surface area (Å²) in [5, 5.41) is 2.88. The fraction of sp³-hybridized carbons (Fsp3) is 0.600. The summed E-state index contributed by atoms with van der Waals surface area (Å²) in [7, 11) is 0. The zero-order valence-electron chi connectivity index (χ0n) is 8.00. The fourth-order valence-electron chi connectivity index (χ4n) is 2.24. The minimum absolute atomic E-state index is 0.255. The van der Waals surface area contributed by atoms with E-state index in [4.69, 9.17) is 17.4 Å². The van der Waals surface area contributed by atoms with Gasteiger partial charge in [0.1, 0.15) is 0 Å². The van der Waals surface area contributed by atoms with Crippen molar-refractivity contribution in [3.63, 3.8) is 0 Å². The van der Waals surface area contributed by atoms with E-state index in [0.29, 0.717) is 5.92 Å². The van der Waals surface area contributed by atoms with Crippen molar-refractivity contribution in [3.8, 4) is 0 Å². The molecule has 3 N–H and O–H groups in total. The molecule has 0 radical (unpaired) electrons. The number of nitrogens with two attached hydrogens (primary N) is 1. The van der Waals surface area contributed by atoms with Gasteiger partial charge in [-0.2, -0.15) is 0 Å². The summed E-state index contributed by atoms with van der Waals surface area (Å²) in [5.74, 6) is 6.27. The van der Waals surface area contributed by atoms with Crippen LogP contribution in [0.5, 0.6) is 0 Å². The molecule has 1 unspecified atom stereocenters. The van der Waals surface area contributed by atoms with Crippen LogP contribution in [0.1, 0.15) is 36.6 Å². The van der Waals surface area contributed by atoms with Crippen LogP contribution in [0.4, 0.5) is 0 Å². The summed E-state index contributed by atoms with van der Waals surface area (Å²) in [6.45, 7) is 0. The molecule has 2 nitrogen and oxygen atoms in total. The first-order valence-corrected chi connectivity index (χ1v) is 6.27. The first-order valence-electron chi connectivity index (χ1n) is 5.02. The maximum atomic E-state index is 6.11. The molecule has 1 atom stereocenters. The smallest absolute Gasteiger partial charge is 0.0596 e. The molecule has 2 rings (SSSR count). The average Bonchev–Trinajstić information content (AvgIpc) is 2.80. The quantitative estimate of drug-likeness (QED) is 0.619. The highest BCUT2D eigenvalue weighted by molar-refractivity contribution is 7.10. The summed E-state index contributed by atoms with van der Waals surface area (Å²) >= 11 is 7.80. The molecule has 1 saturated carbocycles. The highest BCUT2D eigenvalue weighted by Crippen LogP contribution is 2.39. The van der Waals surface area contributed by atoms with Crippen molar-refractivity contribution in [2.24, 2.45) is 11.8 Å². The molecule has 0 saturated heterocycles. The Morgan fingerprint density at radius 1 is 1.50 bits per heavy atom. The topological polar surface area (TPSA) is 38.0 Å². The average molecular weight is 231 g/mol. The van der Waals surface area contributed by atoms with Gasteiger partial charge in [-0.15, -0.1) is 11.3 Å². The standard InChI is InChI=1S/C10H15ClN2S/c11-8-5-6-14-10(8)9(13-12)7-3-1-2-4-7/h5-7,9,13H,1-4,12H2. The zero-order chi connectivity index (χ0) is 9.97. The summed E-state index contributed by atoms with van der Waals surface area (Å²) < 4.78 is 0. The van der Waals surface area contributed by atoms with E-state index in [9.17, 15) is 0 Å². The Morgan fingerprint density at radius 3 is 2.71 bits per heavy atom. The molecule has 4 heteroatoms. The highest BCUT2D eigenvalue weighted by Gasteiger charge is 2.27. The number of nitrogens with one attached hydrogen (secondary N) is 1. The molecule has 0 amide bonds. The van der Waals surface area contributed by atoms with E-state index in [1.807, 2.05) is 11.4 Å². The highest BCUT2D eigenvalue weighted by atomic mass is 35.5. The van der Waals surface area contributed by atoms with Crippen LogP contribution in [-0.4, -0.2) is 0 Å². The van der Waals surface area contributed by atoms with Crippen LogP contribution in [0, 0.1) is 5.92 Å². The lowest BCUT2D eigenvalue weighted by molar-refractivity contribution is 0.379. The molecule has 1 heterocycles. The van der Waals surface area contributed by atoms with Crippen LogP contribution < -0.4 is 11.3 Å². The third kappa shape index (κ3) is 1.96. The third-order valence-electron chi connectivity index (χ3n) is 2.98. The van der Waals surface area contributed by atoms with Gasteiger partial charge in [0, 0.05) is 4.88 Å². The van der Waals surface area contributed by atoms with Gasteiger partial charge in [-0.05, 0) is 30.2 Å². The number of hydrogen-bond donors (Lipinski definition) is 2. The first-order chi connectivity index (χ1) is 6.83. The molecular formula is C10H15ClN2S. The molecule has 14 heavy (non-hydrogen) atoms. The summed E-state index contributed by atoms with van der Waals surface area (Å²) in [6, 6.07) is 2.20. The third-order valence-corrected chi connectivity index (χ3v) is 4.42. The normalized spacial score (nSPS) is 20.1. The van der Waals surface area contributed by atoms with Gasteiger partial charge in [0.05, 0.1) is 11.1 Å². The van der Waals surface area contributed by atoms with Crippen molar-refractivity contribution < 1.29 is 0 Å². The molecule has 1 aromatic rings. The molecule has 1 aromatic heterocycles. The van der Waals surface area contributed by atoms with Gasteiger partial charge in [0.2, 0.25) is 0 Å². The summed E-state index contributed by atoms with van der Waals surface area (Å²) in [5.41, 5.74) is 2.91. The van der Waals surface area contributed by atoms with E-state index in [2.05, 4.69) is 5.43 Å². The van der Waals surface area contributed by atoms with Crippen LogP contribution in [0.3, 0.4) is 0 Å². The number of thiophene rings is 1. The molecule has 0 aromatic carbocycles. The van der Waals surface area contributed by atoms with Crippen LogP contribution in [-0.2, 0) is 0 Å². The van der Waals surface area contributed by atoms with Gasteiger partial charge in [0.15, 0.2) is 0 Å². The van der Waals surface area contributed by atoms with Crippen molar-refractivity contribution in [1.82, 2.24) is 5.43 Å². The van der Waals surface area contributed by atoms with Gasteiger partial charge >= 0.3 is 0 Å². The number of hydrazine groups is 1. The lowest BCUT2D eigenvalue weighted by Crippen LogP contribution is -2.32. The monoisotopic (exact) mass is 230 g/mol. The lowest BCUT2D eigenvalue weighted by Gasteiger charge is -2.21. The second-order valence-electron chi connectivity index (χ2n) is 3.82. The predicted octanol–water partition coefficient (Wildman–Crippen LogP) is 3.10. The molecule has 0 aliphatic heterocycles. The molecule has 1 fully saturated rings. The van der Waals surface area contributed by atoms with Gasteiger partial charge in [-0.25, -0.2) is 0 Å². The molecule has 1 aliphatic carbocycles. The van der Waals surface area contributed by atoms with E-state index in [0.717, 1.165) is 5.02 Å². The molecule has 78 valence electrons. The minimum Gasteiger partial charge on any atom is -0.271 e. The Labute approximate surface area is 93.4 Å². The Hall–Kier alpha value is -0.0900. The second kappa shape index (κ2) is 4.62. The van der Waals surface area contributed by atoms with Crippen LogP contribution in [0.25, 0.3) is 0 Å². The Kier molecular flexibility index (Phi) is 3.44. The molecule has 0 spiro atoms.